The van der Waals surface area contributed by atoms with Crippen LogP contribution in [0.1, 0.15) is 16.7 Å². The van der Waals surface area contributed by atoms with Gasteiger partial charge in [0.05, 0.1) is 0 Å². The second kappa shape index (κ2) is 6.52. The van der Waals surface area contributed by atoms with Gasteiger partial charge in [-0.05, 0) is 28.0 Å². The first kappa shape index (κ1) is 17.5. The molecule has 0 atom stereocenters. The van der Waals surface area contributed by atoms with Crippen molar-refractivity contribution in [3.05, 3.63) is 83.4 Å². The van der Waals surface area contributed by atoms with Crippen molar-refractivity contribution in [2.75, 3.05) is 0 Å². The maximum Gasteiger partial charge on any atom is 0.399 e. The molecule has 3 aromatic rings. The van der Waals surface area contributed by atoms with E-state index in [1.165, 1.54) is 6.07 Å². The summed E-state index contributed by atoms with van der Waals surface area (Å²) in [5.41, 5.74) is -3.57. The molecule has 3 nitrogen and oxygen atoms in total. The minimum absolute atomic E-state index is 0.429. The van der Waals surface area contributed by atoms with Crippen LogP contribution in [0.3, 0.4) is 0 Å². The first-order valence-electron chi connectivity index (χ1n) is 7.49. The van der Waals surface area contributed by atoms with Crippen molar-refractivity contribution < 1.29 is 23.1 Å². The molecule has 0 aliphatic rings. The number of fused-ring (bicyclic) bond motifs is 1. The summed E-state index contributed by atoms with van der Waals surface area (Å²) >= 11 is 0. The summed E-state index contributed by atoms with van der Waals surface area (Å²) < 4.78 is 38.7. The van der Waals surface area contributed by atoms with Crippen molar-refractivity contribution >= 4 is 30.5 Å². The van der Waals surface area contributed by atoms with Gasteiger partial charge >= 0.3 is 13.3 Å². The van der Waals surface area contributed by atoms with Crippen LogP contribution >= 0.6 is 7.60 Å². The van der Waals surface area contributed by atoms with E-state index in [1.807, 2.05) is 42.5 Å². The number of rotatable bonds is 4. The van der Waals surface area contributed by atoms with Gasteiger partial charge < -0.3 is 9.79 Å². The van der Waals surface area contributed by atoms with E-state index in [9.17, 15) is 13.3 Å². The molecule has 0 heterocycles. The Balaban J connectivity index is 1.97. The van der Waals surface area contributed by atoms with Crippen LogP contribution in [0.4, 0.5) is 8.78 Å². The predicted molar refractivity (Wildman–Crippen MR) is 95.3 cm³/mol. The van der Waals surface area contributed by atoms with E-state index in [2.05, 4.69) is 0 Å². The minimum atomic E-state index is -5.58. The molecule has 0 amide bonds. The molecular weight excluding hydrogens is 345 g/mol. The minimum Gasteiger partial charge on any atom is -0.320 e. The Kier molecular flexibility index (Phi) is 4.56. The van der Waals surface area contributed by atoms with Crippen molar-refractivity contribution in [3.8, 4) is 0 Å². The molecule has 0 saturated carbocycles. The van der Waals surface area contributed by atoms with Crippen molar-refractivity contribution in [2.24, 2.45) is 0 Å². The number of benzene rings is 3. The van der Waals surface area contributed by atoms with Gasteiger partial charge in [0.1, 0.15) is 0 Å². The van der Waals surface area contributed by atoms with Gasteiger partial charge in [-0.2, -0.15) is 8.78 Å². The van der Waals surface area contributed by atoms with Crippen molar-refractivity contribution in [1.82, 2.24) is 0 Å². The van der Waals surface area contributed by atoms with Crippen LogP contribution in [-0.2, 0) is 10.2 Å². The fourth-order valence-corrected chi connectivity index (χ4v) is 3.05. The molecule has 2 N–H and O–H groups in total. The largest absolute Gasteiger partial charge is 0.399 e. The summed E-state index contributed by atoms with van der Waals surface area (Å²) in [6.45, 7) is 0. The van der Waals surface area contributed by atoms with E-state index in [-0.39, 0.29) is 0 Å². The zero-order valence-electron chi connectivity index (χ0n) is 13.0. The molecule has 0 aliphatic carbocycles. The Bertz CT molecular complexity index is 987. The number of hydrogen-bond acceptors (Lipinski definition) is 1. The van der Waals surface area contributed by atoms with E-state index >= 15 is 0 Å². The quantitative estimate of drug-likeness (QED) is 0.494. The van der Waals surface area contributed by atoms with Crippen LogP contribution in [0, 0.1) is 0 Å². The average molecular weight is 360 g/mol. The molecule has 6 heteroatoms. The predicted octanol–water partition coefficient (Wildman–Crippen LogP) is 5.24. The standard InChI is InChI=1S/C19H15F2O3P/c20-19(21,25(22,23)24)17-9-3-5-14(13-17)11-12-16-8-4-7-15-6-1-2-10-18(15)16/h1-13H,(H2,22,23,24)/b12-11+. The molecule has 128 valence electrons. The van der Waals surface area contributed by atoms with Crippen LogP contribution in [0.15, 0.2) is 66.7 Å². The van der Waals surface area contributed by atoms with Gasteiger partial charge in [0, 0.05) is 5.56 Å². The molecule has 0 unspecified atom stereocenters. The molecule has 0 saturated heterocycles. The summed E-state index contributed by atoms with van der Waals surface area (Å²) in [5, 5.41) is 2.09. The van der Waals surface area contributed by atoms with Crippen LogP contribution in [0.25, 0.3) is 22.9 Å². The van der Waals surface area contributed by atoms with Crippen LogP contribution in [0.5, 0.6) is 0 Å². The Morgan fingerprint density at radius 2 is 1.56 bits per heavy atom. The van der Waals surface area contributed by atoms with Crippen LogP contribution in [0.2, 0.25) is 0 Å². The van der Waals surface area contributed by atoms with Gasteiger partial charge in [-0.25, -0.2) is 0 Å². The molecule has 3 aromatic carbocycles. The molecule has 0 spiro atoms. The normalized spacial score (nSPS) is 12.8. The van der Waals surface area contributed by atoms with Crippen molar-refractivity contribution in [1.29, 1.82) is 0 Å². The molecule has 0 fully saturated rings. The maximum atomic E-state index is 13.8. The highest BCUT2D eigenvalue weighted by molar-refractivity contribution is 7.52. The highest BCUT2D eigenvalue weighted by Gasteiger charge is 2.50. The summed E-state index contributed by atoms with van der Waals surface area (Å²) in [7, 11) is -5.58. The molecule has 0 bridgehead atoms. The van der Waals surface area contributed by atoms with Gasteiger partial charge in [0.25, 0.3) is 0 Å². The van der Waals surface area contributed by atoms with Gasteiger partial charge in [0.2, 0.25) is 0 Å². The summed E-state index contributed by atoms with van der Waals surface area (Å²) in [4.78, 5) is 17.7. The van der Waals surface area contributed by atoms with Crippen LogP contribution < -0.4 is 0 Å². The van der Waals surface area contributed by atoms with E-state index in [1.54, 1.807) is 18.2 Å². The van der Waals surface area contributed by atoms with E-state index in [0.29, 0.717) is 5.56 Å². The Morgan fingerprint density at radius 1 is 0.880 bits per heavy atom. The highest BCUT2D eigenvalue weighted by Crippen LogP contribution is 2.59. The molecular formula is C19H15F2O3P. The average Bonchev–Trinajstić information content (AvgIpc) is 2.59. The third-order valence-electron chi connectivity index (χ3n) is 3.88. The molecule has 0 radical (unpaired) electrons. The molecule has 25 heavy (non-hydrogen) atoms. The third kappa shape index (κ3) is 3.54. The zero-order chi connectivity index (χ0) is 18.1. The van der Waals surface area contributed by atoms with E-state index in [4.69, 9.17) is 9.79 Å². The smallest absolute Gasteiger partial charge is 0.320 e. The Morgan fingerprint density at radius 3 is 2.32 bits per heavy atom. The second-order valence-corrected chi connectivity index (χ2v) is 7.26. The second-order valence-electron chi connectivity index (χ2n) is 5.61. The fourth-order valence-electron chi connectivity index (χ4n) is 2.58. The number of hydrogen-bond donors (Lipinski definition) is 2. The topological polar surface area (TPSA) is 57.5 Å². The van der Waals surface area contributed by atoms with E-state index in [0.717, 1.165) is 28.5 Å². The van der Waals surface area contributed by atoms with Crippen molar-refractivity contribution in [2.45, 2.75) is 5.66 Å². The van der Waals surface area contributed by atoms with E-state index < -0.39 is 18.8 Å². The Labute approximate surface area is 143 Å². The summed E-state index contributed by atoms with van der Waals surface area (Å²) in [6, 6.07) is 18.6. The zero-order valence-corrected chi connectivity index (χ0v) is 13.9. The van der Waals surface area contributed by atoms with Gasteiger partial charge in [-0.15, -0.1) is 0 Å². The Hall–Kier alpha value is -2.33. The van der Waals surface area contributed by atoms with Gasteiger partial charge in [-0.1, -0.05) is 72.8 Å². The molecule has 3 rings (SSSR count). The first-order chi connectivity index (χ1) is 11.8. The summed E-state index contributed by atoms with van der Waals surface area (Å²) in [5.74, 6) is 0. The fraction of sp³-hybridized carbons (Fsp3) is 0.0526. The lowest BCUT2D eigenvalue weighted by Crippen LogP contribution is -2.13. The monoisotopic (exact) mass is 360 g/mol. The SMILES string of the molecule is O=P(O)(O)C(F)(F)c1cccc(/C=C/c2cccc3ccccc23)c1. The number of halogens is 2. The molecule has 0 aliphatic heterocycles. The van der Waals surface area contributed by atoms with Gasteiger partial charge in [0.15, 0.2) is 0 Å². The number of alkyl halides is 2. The molecule has 0 aromatic heterocycles. The van der Waals surface area contributed by atoms with Gasteiger partial charge in [-0.3, -0.25) is 4.57 Å². The highest BCUT2D eigenvalue weighted by atomic mass is 31.2. The van der Waals surface area contributed by atoms with Crippen LogP contribution in [-0.4, -0.2) is 9.79 Å². The lowest BCUT2D eigenvalue weighted by molar-refractivity contribution is 0.0564. The lowest BCUT2D eigenvalue weighted by atomic mass is 10.0. The van der Waals surface area contributed by atoms with Crippen molar-refractivity contribution in [3.63, 3.8) is 0 Å². The maximum absolute atomic E-state index is 13.8. The lowest BCUT2D eigenvalue weighted by Gasteiger charge is -2.18. The third-order valence-corrected chi connectivity index (χ3v) is 4.87. The first-order valence-corrected chi connectivity index (χ1v) is 9.10. The summed E-state index contributed by atoms with van der Waals surface area (Å²) in [6.07, 6.45) is 3.43.